The predicted octanol–water partition coefficient (Wildman–Crippen LogP) is 3.29. The van der Waals surface area contributed by atoms with Crippen LogP contribution in [0.3, 0.4) is 0 Å². The van der Waals surface area contributed by atoms with E-state index in [1.807, 2.05) is 6.92 Å². The number of hydrogen-bond acceptors (Lipinski definition) is 2. The van der Waals surface area contributed by atoms with Gasteiger partial charge in [-0.2, -0.15) is 0 Å². The summed E-state index contributed by atoms with van der Waals surface area (Å²) in [5, 5.41) is 3.38. The number of rotatable bonds is 6. The molecule has 4 heteroatoms. The summed E-state index contributed by atoms with van der Waals surface area (Å²) in [6.45, 7) is 11.8. The van der Waals surface area contributed by atoms with Gasteiger partial charge in [0.15, 0.2) is 0 Å². The highest BCUT2D eigenvalue weighted by Gasteiger charge is 2.11. The largest absolute Gasteiger partial charge is 0.324 e. The molecule has 1 aromatic heterocycles. The molecule has 1 N–H and O–H groups in total. The van der Waals surface area contributed by atoms with Crippen molar-refractivity contribution in [3.63, 3.8) is 0 Å². The van der Waals surface area contributed by atoms with Gasteiger partial charge in [0.25, 0.3) is 0 Å². The molecular weight excluding hydrogens is 253 g/mol. The lowest BCUT2D eigenvalue weighted by molar-refractivity contribution is 0.574. The normalized spacial score (nSPS) is 11.4. The maximum Gasteiger partial charge on any atom is 0.125 e. The Bertz CT molecular complexity index is 613. The van der Waals surface area contributed by atoms with E-state index in [1.165, 1.54) is 12.1 Å². The molecule has 108 valence electrons. The first-order valence-electron chi connectivity index (χ1n) is 7.00. The van der Waals surface area contributed by atoms with E-state index in [0.29, 0.717) is 11.6 Å². The fourth-order valence-electron chi connectivity index (χ4n) is 2.26. The number of imidazole rings is 1. The van der Waals surface area contributed by atoms with E-state index in [1.54, 1.807) is 6.07 Å². The molecule has 0 saturated carbocycles. The summed E-state index contributed by atoms with van der Waals surface area (Å²) in [6, 6.07) is 5.21. The molecule has 3 nitrogen and oxygen atoms in total. The zero-order chi connectivity index (χ0) is 14.7. The minimum absolute atomic E-state index is 0.246. The van der Waals surface area contributed by atoms with Crippen LogP contribution in [0.15, 0.2) is 30.4 Å². The average Bonchev–Trinajstić information content (AvgIpc) is 2.65. The van der Waals surface area contributed by atoms with Crippen LogP contribution in [0.4, 0.5) is 4.39 Å². The third-order valence-corrected chi connectivity index (χ3v) is 3.12. The second kappa shape index (κ2) is 6.18. The molecule has 0 radical (unpaired) electrons. The molecule has 0 saturated heterocycles. The highest BCUT2D eigenvalue weighted by Crippen LogP contribution is 2.19. The Balaban J connectivity index is 2.32. The summed E-state index contributed by atoms with van der Waals surface area (Å²) in [5.74, 6) is 0.728. The Labute approximate surface area is 119 Å². The van der Waals surface area contributed by atoms with Crippen molar-refractivity contribution in [2.45, 2.75) is 39.8 Å². The molecule has 0 aliphatic carbocycles. The van der Waals surface area contributed by atoms with E-state index < -0.39 is 0 Å². The number of benzene rings is 1. The molecular formula is C16H22FN3. The molecule has 0 spiro atoms. The van der Waals surface area contributed by atoms with E-state index in [4.69, 9.17) is 0 Å². The van der Waals surface area contributed by atoms with Gasteiger partial charge in [-0.1, -0.05) is 26.0 Å². The first-order valence-corrected chi connectivity index (χ1v) is 7.00. The Hall–Kier alpha value is -1.68. The second-order valence-electron chi connectivity index (χ2n) is 5.56. The lowest BCUT2D eigenvalue weighted by Crippen LogP contribution is -2.25. The van der Waals surface area contributed by atoms with Crippen LogP contribution in [0.2, 0.25) is 0 Å². The first kappa shape index (κ1) is 14.7. The van der Waals surface area contributed by atoms with Crippen LogP contribution in [0.25, 0.3) is 11.0 Å². The number of hydrogen-bond donors (Lipinski definition) is 1. The van der Waals surface area contributed by atoms with Gasteiger partial charge in [0.1, 0.15) is 11.6 Å². The molecule has 2 rings (SSSR count). The van der Waals surface area contributed by atoms with Gasteiger partial charge >= 0.3 is 0 Å². The summed E-state index contributed by atoms with van der Waals surface area (Å²) in [4.78, 5) is 4.57. The second-order valence-corrected chi connectivity index (χ2v) is 5.56. The fourth-order valence-corrected chi connectivity index (χ4v) is 2.26. The van der Waals surface area contributed by atoms with Gasteiger partial charge in [0.05, 0.1) is 11.0 Å². The van der Waals surface area contributed by atoms with Crippen LogP contribution < -0.4 is 5.32 Å². The topological polar surface area (TPSA) is 29.9 Å². The van der Waals surface area contributed by atoms with Gasteiger partial charge in [-0.25, -0.2) is 9.37 Å². The standard InChI is InChI=1S/C16H22FN3/c1-11(2)10-20-15-6-5-13(17)9-14(15)19-16(20)7-8-18-12(3)4/h5-6,9,12,18H,1,7-8,10H2,2-4H3. The third-order valence-electron chi connectivity index (χ3n) is 3.12. The summed E-state index contributed by atoms with van der Waals surface area (Å²) < 4.78 is 15.4. The average molecular weight is 275 g/mol. The van der Waals surface area contributed by atoms with Gasteiger partial charge in [0, 0.05) is 31.6 Å². The van der Waals surface area contributed by atoms with Crippen LogP contribution in [0.5, 0.6) is 0 Å². The Kier molecular flexibility index (Phi) is 4.55. The van der Waals surface area contributed by atoms with Crippen molar-refractivity contribution in [1.82, 2.24) is 14.9 Å². The monoisotopic (exact) mass is 275 g/mol. The molecule has 20 heavy (non-hydrogen) atoms. The summed E-state index contributed by atoms with van der Waals surface area (Å²) in [5.41, 5.74) is 2.74. The fraction of sp³-hybridized carbons (Fsp3) is 0.438. The number of halogens is 1. The third kappa shape index (κ3) is 3.45. The van der Waals surface area contributed by atoms with E-state index in [0.717, 1.165) is 36.4 Å². The number of allylic oxidation sites excluding steroid dienone is 1. The minimum atomic E-state index is -0.246. The first-order chi connectivity index (χ1) is 9.47. The van der Waals surface area contributed by atoms with E-state index in [9.17, 15) is 4.39 Å². The highest BCUT2D eigenvalue weighted by atomic mass is 19.1. The summed E-state index contributed by atoms with van der Waals surface area (Å²) in [6.07, 6.45) is 0.821. The molecule has 2 aromatic rings. The number of nitrogens with zero attached hydrogens (tertiary/aromatic N) is 2. The molecule has 0 amide bonds. The highest BCUT2D eigenvalue weighted by molar-refractivity contribution is 5.76. The number of aromatic nitrogens is 2. The molecule has 0 bridgehead atoms. The van der Waals surface area contributed by atoms with Crippen LogP contribution in [-0.4, -0.2) is 22.1 Å². The van der Waals surface area contributed by atoms with Crippen LogP contribution >= 0.6 is 0 Å². The van der Waals surface area contributed by atoms with Crippen LogP contribution in [0, 0.1) is 5.82 Å². The SMILES string of the molecule is C=C(C)Cn1c(CCNC(C)C)nc2cc(F)ccc21. The van der Waals surface area contributed by atoms with Crippen molar-refractivity contribution in [1.29, 1.82) is 0 Å². The molecule has 1 heterocycles. The molecule has 0 aliphatic heterocycles. The maximum atomic E-state index is 13.3. The van der Waals surface area contributed by atoms with Crippen molar-refractivity contribution < 1.29 is 4.39 Å². The maximum absolute atomic E-state index is 13.3. The zero-order valence-electron chi connectivity index (χ0n) is 12.4. The number of fused-ring (bicyclic) bond motifs is 1. The molecule has 0 atom stereocenters. The van der Waals surface area contributed by atoms with Gasteiger partial charge < -0.3 is 9.88 Å². The van der Waals surface area contributed by atoms with Gasteiger partial charge in [-0.3, -0.25) is 0 Å². The van der Waals surface area contributed by atoms with E-state index >= 15 is 0 Å². The van der Waals surface area contributed by atoms with Crippen molar-refractivity contribution in [2.75, 3.05) is 6.54 Å². The molecule has 1 aromatic carbocycles. The number of nitrogens with one attached hydrogen (secondary N) is 1. The lowest BCUT2D eigenvalue weighted by atomic mass is 10.3. The lowest BCUT2D eigenvalue weighted by Gasteiger charge is -2.11. The van der Waals surface area contributed by atoms with Crippen molar-refractivity contribution >= 4 is 11.0 Å². The predicted molar refractivity (Wildman–Crippen MR) is 81.3 cm³/mol. The van der Waals surface area contributed by atoms with Gasteiger partial charge in [-0.15, -0.1) is 0 Å². The smallest absolute Gasteiger partial charge is 0.125 e. The molecule has 0 aliphatic rings. The van der Waals surface area contributed by atoms with Gasteiger partial charge in [0.2, 0.25) is 0 Å². The van der Waals surface area contributed by atoms with Gasteiger partial charge in [-0.05, 0) is 19.1 Å². The molecule has 0 unspecified atom stereocenters. The molecule has 0 fully saturated rings. The van der Waals surface area contributed by atoms with Crippen molar-refractivity contribution in [3.05, 3.63) is 42.0 Å². The van der Waals surface area contributed by atoms with E-state index in [-0.39, 0.29) is 5.82 Å². The van der Waals surface area contributed by atoms with Crippen LogP contribution in [-0.2, 0) is 13.0 Å². The minimum Gasteiger partial charge on any atom is -0.324 e. The Morgan fingerprint density at radius 1 is 1.45 bits per heavy atom. The van der Waals surface area contributed by atoms with Crippen LogP contribution in [0.1, 0.15) is 26.6 Å². The van der Waals surface area contributed by atoms with Crippen molar-refractivity contribution in [2.24, 2.45) is 0 Å². The summed E-state index contributed by atoms with van der Waals surface area (Å²) >= 11 is 0. The zero-order valence-corrected chi connectivity index (χ0v) is 12.4. The summed E-state index contributed by atoms with van der Waals surface area (Å²) in [7, 11) is 0. The quantitative estimate of drug-likeness (QED) is 0.820. The Morgan fingerprint density at radius 3 is 2.85 bits per heavy atom. The van der Waals surface area contributed by atoms with Crippen molar-refractivity contribution in [3.8, 4) is 0 Å². The Morgan fingerprint density at radius 2 is 2.20 bits per heavy atom. The van der Waals surface area contributed by atoms with E-state index in [2.05, 4.69) is 35.3 Å².